The van der Waals surface area contributed by atoms with Crippen molar-refractivity contribution in [2.75, 3.05) is 19.8 Å². The topological polar surface area (TPSA) is 21.3 Å². The van der Waals surface area contributed by atoms with Crippen LogP contribution in [0.3, 0.4) is 0 Å². The molecule has 0 aliphatic carbocycles. The lowest BCUT2D eigenvalue weighted by Crippen LogP contribution is -2.32. The Balaban J connectivity index is 2.25. The van der Waals surface area contributed by atoms with E-state index in [0.29, 0.717) is 12.0 Å². The van der Waals surface area contributed by atoms with E-state index >= 15 is 0 Å². The number of nitrogens with one attached hydrogen (secondary N) is 1. The first kappa shape index (κ1) is 13.9. The smallest absolute Gasteiger partial charge is 0.0483 e. The first-order valence-corrected chi connectivity index (χ1v) is 7.18. The summed E-state index contributed by atoms with van der Waals surface area (Å²) in [4.78, 5) is 0. The molecule has 0 amide bonds. The molecule has 18 heavy (non-hydrogen) atoms. The van der Waals surface area contributed by atoms with Gasteiger partial charge in [0.1, 0.15) is 0 Å². The van der Waals surface area contributed by atoms with Crippen molar-refractivity contribution in [3.05, 3.63) is 34.3 Å². The highest BCUT2D eigenvalue weighted by Gasteiger charge is 2.26. The van der Waals surface area contributed by atoms with E-state index in [1.165, 1.54) is 5.56 Å². The number of ether oxygens (including phenoxy) is 1. The zero-order chi connectivity index (χ0) is 13.0. The molecule has 1 heterocycles. The number of hydrogen-bond donors (Lipinski definition) is 1. The molecule has 100 valence electrons. The van der Waals surface area contributed by atoms with E-state index in [9.17, 15) is 0 Å². The maximum absolute atomic E-state index is 6.47. The van der Waals surface area contributed by atoms with Crippen LogP contribution < -0.4 is 5.32 Å². The van der Waals surface area contributed by atoms with Crippen molar-refractivity contribution in [3.63, 3.8) is 0 Å². The van der Waals surface area contributed by atoms with Crippen molar-refractivity contribution in [3.8, 4) is 0 Å². The lowest BCUT2D eigenvalue weighted by molar-refractivity contribution is 0.0538. The standard InChI is InChI=1S/C15H22ClNO/c1-3-17-15(12-7-9-18-10-8-12)13-6-4-5-11(2)14(13)16/h4-6,12,15,17H,3,7-10H2,1-2H3. The largest absolute Gasteiger partial charge is 0.381 e. The van der Waals surface area contributed by atoms with Crippen LogP contribution in [0.5, 0.6) is 0 Å². The van der Waals surface area contributed by atoms with Gasteiger partial charge in [0.15, 0.2) is 0 Å². The molecule has 3 heteroatoms. The third-order valence-electron chi connectivity index (χ3n) is 3.72. The van der Waals surface area contributed by atoms with Crippen LogP contribution in [0.15, 0.2) is 18.2 Å². The molecule has 1 saturated heterocycles. The zero-order valence-electron chi connectivity index (χ0n) is 11.2. The highest BCUT2D eigenvalue weighted by atomic mass is 35.5. The summed E-state index contributed by atoms with van der Waals surface area (Å²) in [6, 6.07) is 6.67. The predicted molar refractivity (Wildman–Crippen MR) is 76.1 cm³/mol. The van der Waals surface area contributed by atoms with Crippen LogP contribution in [0.4, 0.5) is 0 Å². The molecule has 1 unspecified atom stereocenters. The summed E-state index contributed by atoms with van der Waals surface area (Å²) in [6.07, 6.45) is 2.23. The van der Waals surface area contributed by atoms with Gasteiger partial charge in [-0.2, -0.15) is 0 Å². The Bertz CT molecular complexity index is 388. The summed E-state index contributed by atoms with van der Waals surface area (Å²) >= 11 is 6.47. The van der Waals surface area contributed by atoms with Crippen LogP contribution in [-0.4, -0.2) is 19.8 Å². The maximum Gasteiger partial charge on any atom is 0.0483 e. The summed E-state index contributed by atoms with van der Waals surface area (Å²) in [5, 5.41) is 4.51. The van der Waals surface area contributed by atoms with E-state index in [4.69, 9.17) is 16.3 Å². The first-order chi connectivity index (χ1) is 8.74. The third-order valence-corrected chi connectivity index (χ3v) is 4.23. The number of hydrogen-bond acceptors (Lipinski definition) is 2. The minimum atomic E-state index is 0.353. The van der Waals surface area contributed by atoms with Crippen molar-refractivity contribution in [1.82, 2.24) is 5.32 Å². The molecule has 1 atom stereocenters. The minimum Gasteiger partial charge on any atom is -0.381 e. The zero-order valence-corrected chi connectivity index (χ0v) is 12.0. The molecule has 0 spiro atoms. The molecule has 1 fully saturated rings. The van der Waals surface area contributed by atoms with Gasteiger partial charge in [-0.1, -0.05) is 36.7 Å². The van der Waals surface area contributed by atoms with Crippen LogP contribution in [-0.2, 0) is 4.74 Å². The molecule has 0 saturated carbocycles. The molecule has 0 radical (unpaired) electrons. The van der Waals surface area contributed by atoms with Crippen molar-refractivity contribution in [1.29, 1.82) is 0 Å². The van der Waals surface area contributed by atoms with E-state index in [0.717, 1.165) is 43.2 Å². The van der Waals surface area contributed by atoms with Gasteiger partial charge in [-0.05, 0) is 43.4 Å². The van der Waals surface area contributed by atoms with Gasteiger partial charge in [0.25, 0.3) is 0 Å². The first-order valence-electron chi connectivity index (χ1n) is 6.80. The van der Waals surface area contributed by atoms with Gasteiger partial charge < -0.3 is 10.1 Å². The Kier molecular flexibility index (Phi) is 5.04. The van der Waals surface area contributed by atoms with Gasteiger partial charge in [0.05, 0.1) is 0 Å². The van der Waals surface area contributed by atoms with Crippen LogP contribution in [0.1, 0.15) is 36.9 Å². The SMILES string of the molecule is CCNC(c1cccc(C)c1Cl)C1CCOCC1. The average Bonchev–Trinajstić information content (AvgIpc) is 2.41. The lowest BCUT2D eigenvalue weighted by atomic mass is 9.86. The van der Waals surface area contributed by atoms with Crippen LogP contribution in [0.2, 0.25) is 5.02 Å². The van der Waals surface area contributed by atoms with Crippen molar-refractivity contribution < 1.29 is 4.74 Å². The van der Waals surface area contributed by atoms with Gasteiger partial charge in [-0.15, -0.1) is 0 Å². The predicted octanol–water partition coefficient (Wildman–Crippen LogP) is 3.73. The fourth-order valence-electron chi connectivity index (χ4n) is 2.71. The Hall–Kier alpha value is -0.570. The quantitative estimate of drug-likeness (QED) is 0.898. The summed E-state index contributed by atoms with van der Waals surface area (Å²) in [5.41, 5.74) is 2.40. The van der Waals surface area contributed by atoms with Crippen LogP contribution in [0, 0.1) is 12.8 Å². The number of rotatable bonds is 4. The van der Waals surface area contributed by atoms with Gasteiger partial charge in [-0.25, -0.2) is 0 Å². The fourth-order valence-corrected chi connectivity index (χ4v) is 2.95. The molecule has 1 aromatic carbocycles. The molecular weight excluding hydrogens is 246 g/mol. The highest BCUT2D eigenvalue weighted by molar-refractivity contribution is 6.32. The molecular formula is C15H22ClNO. The van der Waals surface area contributed by atoms with Gasteiger partial charge in [0.2, 0.25) is 0 Å². The second-order valence-electron chi connectivity index (χ2n) is 4.96. The normalized spacial score (nSPS) is 18.8. The van der Waals surface area contributed by atoms with Crippen molar-refractivity contribution in [2.45, 2.75) is 32.7 Å². The van der Waals surface area contributed by atoms with E-state index in [-0.39, 0.29) is 0 Å². The lowest BCUT2D eigenvalue weighted by Gasteiger charge is -2.32. The Morgan fingerprint density at radius 2 is 2.11 bits per heavy atom. The Morgan fingerprint density at radius 1 is 1.39 bits per heavy atom. The monoisotopic (exact) mass is 267 g/mol. The summed E-state index contributed by atoms with van der Waals surface area (Å²) < 4.78 is 5.46. The Labute approximate surface area is 115 Å². The molecule has 1 aromatic rings. The molecule has 0 aromatic heterocycles. The summed E-state index contributed by atoms with van der Waals surface area (Å²) in [6.45, 7) is 6.92. The number of benzene rings is 1. The Morgan fingerprint density at radius 3 is 2.78 bits per heavy atom. The van der Waals surface area contributed by atoms with Gasteiger partial charge >= 0.3 is 0 Å². The number of halogens is 1. The third kappa shape index (κ3) is 3.05. The van der Waals surface area contributed by atoms with Crippen LogP contribution in [0.25, 0.3) is 0 Å². The molecule has 1 N–H and O–H groups in total. The summed E-state index contributed by atoms with van der Waals surface area (Å²) in [7, 11) is 0. The van der Waals surface area contributed by atoms with E-state index < -0.39 is 0 Å². The van der Waals surface area contributed by atoms with E-state index in [1.54, 1.807) is 0 Å². The average molecular weight is 268 g/mol. The van der Waals surface area contributed by atoms with E-state index in [2.05, 4.69) is 37.4 Å². The second-order valence-corrected chi connectivity index (χ2v) is 5.34. The molecule has 0 bridgehead atoms. The molecule has 1 aliphatic heterocycles. The van der Waals surface area contributed by atoms with Gasteiger partial charge in [-0.3, -0.25) is 0 Å². The fraction of sp³-hybridized carbons (Fsp3) is 0.600. The second kappa shape index (κ2) is 6.55. The van der Waals surface area contributed by atoms with Crippen molar-refractivity contribution >= 4 is 11.6 Å². The minimum absolute atomic E-state index is 0.353. The van der Waals surface area contributed by atoms with Crippen LogP contribution >= 0.6 is 11.6 Å². The number of aryl methyl sites for hydroxylation is 1. The van der Waals surface area contributed by atoms with E-state index in [1.807, 2.05) is 0 Å². The summed E-state index contributed by atoms with van der Waals surface area (Å²) in [5.74, 6) is 0.623. The molecule has 2 rings (SSSR count). The highest BCUT2D eigenvalue weighted by Crippen LogP contribution is 2.34. The van der Waals surface area contributed by atoms with Gasteiger partial charge in [0, 0.05) is 24.3 Å². The molecule has 2 nitrogen and oxygen atoms in total. The van der Waals surface area contributed by atoms with Crippen molar-refractivity contribution in [2.24, 2.45) is 5.92 Å². The molecule has 1 aliphatic rings. The maximum atomic E-state index is 6.47.